The van der Waals surface area contributed by atoms with E-state index in [0.29, 0.717) is 31.7 Å². The number of carboxylic acids is 1. The second kappa shape index (κ2) is 11.3. The molecular weight excluding hydrogens is 256 g/mol. The minimum atomic E-state index is -0.974. The number of aliphatic carboxylic acids is 1. The van der Waals surface area contributed by atoms with Gasteiger partial charge in [-0.05, 0) is 32.1 Å². The first-order valence-electron chi connectivity index (χ1n) is 6.39. The predicted molar refractivity (Wildman–Crippen MR) is 71.7 cm³/mol. The highest BCUT2D eigenvalue weighted by atomic mass is 35.5. The van der Waals surface area contributed by atoms with Crippen LogP contribution >= 0.6 is 11.6 Å². The van der Waals surface area contributed by atoms with Crippen LogP contribution in [-0.2, 0) is 9.59 Å². The highest BCUT2D eigenvalue weighted by Gasteiger charge is 2.10. The van der Waals surface area contributed by atoms with Gasteiger partial charge in [-0.2, -0.15) is 0 Å². The smallest absolute Gasteiger partial charge is 0.320 e. The Labute approximate surface area is 113 Å². The van der Waals surface area contributed by atoms with Crippen molar-refractivity contribution in [1.29, 1.82) is 0 Å². The third-order valence-electron chi connectivity index (χ3n) is 2.62. The number of amides is 1. The Bertz CT molecular complexity index is 249. The van der Waals surface area contributed by atoms with E-state index in [1.807, 2.05) is 0 Å². The predicted octanol–water partition coefficient (Wildman–Crippen LogP) is 1.48. The number of hydrogen-bond donors (Lipinski definition) is 3. The quantitative estimate of drug-likeness (QED) is 0.394. The summed E-state index contributed by atoms with van der Waals surface area (Å²) in [5.41, 5.74) is 5.36. The van der Waals surface area contributed by atoms with Crippen molar-refractivity contribution in [3.63, 3.8) is 0 Å². The largest absolute Gasteiger partial charge is 0.480 e. The van der Waals surface area contributed by atoms with Crippen molar-refractivity contribution < 1.29 is 14.7 Å². The van der Waals surface area contributed by atoms with Gasteiger partial charge in [-0.15, -0.1) is 11.6 Å². The van der Waals surface area contributed by atoms with Crippen molar-refractivity contribution in [1.82, 2.24) is 5.32 Å². The van der Waals surface area contributed by atoms with Gasteiger partial charge in [-0.3, -0.25) is 9.59 Å². The van der Waals surface area contributed by atoms with Crippen molar-refractivity contribution in [3.8, 4) is 0 Å². The molecule has 0 bridgehead atoms. The normalized spacial score (nSPS) is 12.1. The van der Waals surface area contributed by atoms with Crippen molar-refractivity contribution in [2.24, 2.45) is 5.73 Å². The van der Waals surface area contributed by atoms with Crippen LogP contribution in [-0.4, -0.2) is 35.4 Å². The third-order valence-corrected chi connectivity index (χ3v) is 2.89. The Morgan fingerprint density at radius 2 is 1.89 bits per heavy atom. The topological polar surface area (TPSA) is 92.4 Å². The number of nitrogens with one attached hydrogen (secondary N) is 1. The number of carbonyl (C=O) groups is 2. The maximum Gasteiger partial charge on any atom is 0.320 e. The lowest BCUT2D eigenvalue weighted by molar-refractivity contribution is -0.138. The monoisotopic (exact) mass is 278 g/mol. The Balaban J connectivity index is 3.32. The second-order valence-corrected chi connectivity index (χ2v) is 4.67. The molecule has 0 rings (SSSR count). The molecule has 106 valence electrons. The molecule has 0 fully saturated rings. The van der Waals surface area contributed by atoms with E-state index in [9.17, 15) is 9.59 Å². The molecule has 0 radical (unpaired) electrons. The van der Waals surface area contributed by atoms with Gasteiger partial charge in [-0.25, -0.2) is 0 Å². The van der Waals surface area contributed by atoms with E-state index < -0.39 is 12.0 Å². The number of unbranched alkanes of at least 4 members (excludes halogenated alkanes) is 3. The molecule has 0 aromatic heterocycles. The molecule has 0 aliphatic rings. The minimum Gasteiger partial charge on any atom is -0.480 e. The molecule has 0 aromatic carbocycles. The first-order valence-corrected chi connectivity index (χ1v) is 6.92. The fraction of sp³-hybridized carbons (Fsp3) is 0.833. The van der Waals surface area contributed by atoms with Crippen LogP contribution in [0.25, 0.3) is 0 Å². The Morgan fingerprint density at radius 1 is 1.17 bits per heavy atom. The summed E-state index contributed by atoms with van der Waals surface area (Å²) < 4.78 is 0. The van der Waals surface area contributed by atoms with Crippen molar-refractivity contribution in [2.75, 3.05) is 12.4 Å². The Kier molecular flexibility index (Phi) is 10.8. The van der Waals surface area contributed by atoms with Gasteiger partial charge in [0.2, 0.25) is 5.91 Å². The van der Waals surface area contributed by atoms with Gasteiger partial charge in [0, 0.05) is 18.8 Å². The summed E-state index contributed by atoms with van der Waals surface area (Å²) >= 11 is 5.53. The van der Waals surface area contributed by atoms with Crippen LogP contribution in [0.5, 0.6) is 0 Å². The van der Waals surface area contributed by atoms with Gasteiger partial charge in [-0.1, -0.05) is 6.42 Å². The maximum atomic E-state index is 11.3. The summed E-state index contributed by atoms with van der Waals surface area (Å²) in [4.78, 5) is 21.8. The number of rotatable bonds is 11. The molecule has 0 aromatic rings. The second-order valence-electron chi connectivity index (χ2n) is 4.29. The molecule has 4 N–H and O–H groups in total. The lowest BCUT2D eigenvalue weighted by atomic mass is 10.1. The fourth-order valence-electron chi connectivity index (χ4n) is 1.49. The summed E-state index contributed by atoms with van der Waals surface area (Å²) in [6.07, 6.45) is 5.23. The molecule has 6 heteroatoms. The van der Waals surface area contributed by atoms with E-state index in [1.165, 1.54) is 0 Å². The molecule has 0 unspecified atom stereocenters. The number of halogens is 1. The lowest BCUT2D eigenvalue weighted by Crippen LogP contribution is -2.30. The van der Waals surface area contributed by atoms with Crippen LogP contribution in [0.2, 0.25) is 0 Å². The number of hydrogen-bond acceptors (Lipinski definition) is 3. The molecule has 0 aliphatic carbocycles. The Morgan fingerprint density at radius 3 is 2.50 bits per heavy atom. The van der Waals surface area contributed by atoms with Gasteiger partial charge in [0.25, 0.3) is 0 Å². The van der Waals surface area contributed by atoms with Crippen LogP contribution in [0.15, 0.2) is 0 Å². The molecule has 18 heavy (non-hydrogen) atoms. The molecular formula is C12H23ClN2O3. The maximum absolute atomic E-state index is 11.3. The van der Waals surface area contributed by atoms with Crippen LogP contribution in [0.3, 0.4) is 0 Å². The lowest BCUT2D eigenvalue weighted by Gasteiger charge is -2.07. The van der Waals surface area contributed by atoms with Gasteiger partial charge in [0.1, 0.15) is 6.04 Å². The molecule has 0 aliphatic heterocycles. The molecule has 1 atom stereocenters. The average Bonchev–Trinajstić information content (AvgIpc) is 2.33. The Hall–Kier alpha value is -0.810. The van der Waals surface area contributed by atoms with Gasteiger partial charge in [0.15, 0.2) is 0 Å². The summed E-state index contributed by atoms with van der Waals surface area (Å²) in [5.74, 6) is -0.281. The van der Waals surface area contributed by atoms with Gasteiger partial charge in [0.05, 0.1) is 0 Å². The highest BCUT2D eigenvalue weighted by Crippen LogP contribution is 2.01. The number of nitrogens with two attached hydrogens (primary N) is 1. The van der Waals surface area contributed by atoms with E-state index in [-0.39, 0.29) is 5.91 Å². The molecule has 5 nitrogen and oxygen atoms in total. The average molecular weight is 279 g/mol. The van der Waals surface area contributed by atoms with E-state index in [1.54, 1.807) is 0 Å². The summed E-state index contributed by atoms with van der Waals surface area (Å²) in [6.45, 7) is 0.584. The summed E-state index contributed by atoms with van der Waals surface area (Å²) in [5, 5.41) is 11.4. The third kappa shape index (κ3) is 10.4. The number of alkyl halides is 1. The molecule has 0 saturated carbocycles. The standard InChI is InChI=1S/C12H23ClN2O3/c13-8-4-1-2-7-11(16)15-9-5-3-6-10(14)12(17)18/h10H,1-9,14H2,(H,15,16)(H,17,18)/t10-/m0/s1. The van der Waals surface area contributed by atoms with E-state index >= 15 is 0 Å². The molecule has 0 saturated heterocycles. The molecule has 0 spiro atoms. The summed E-state index contributed by atoms with van der Waals surface area (Å²) in [7, 11) is 0. The first-order chi connectivity index (χ1) is 8.57. The van der Waals surface area contributed by atoms with E-state index in [0.717, 1.165) is 25.7 Å². The minimum absolute atomic E-state index is 0.0482. The van der Waals surface area contributed by atoms with Crippen molar-refractivity contribution >= 4 is 23.5 Å². The number of carbonyl (C=O) groups excluding carboxylic acids is 1. The summed E-state index contributed by atoms with van der Waals surface area (Å²) in [6, 6.07) is -0.795. The zero-order valence-corrected chi connectivity index (χ0v) is 11.4. The fourth-order valence-corrected chi connectivity index (χ4v) is 1.67. The number of carboxylic acid groups (broad SMARTS) is 1. The van der Waals surface area contributed by atoms with Crippen LogP contribution < -0.4 is 11.1 Å². The van der Waals surface area contributed by atoms with Crippen molar-refractivity contribution in [3.05, 3.63) is 0 Å². The SMILES string of the molecule is N[C@@H](CCCCNC(=O)CCCCCCl)C(=O)O. The van der Waals surface area contributed by atoms with Crippen LogP contribution in [0.1, 0.15) is 44.9 Å². The van der Waals surface area contributed by atoms with Gasteiger partial charge >= 0.3 is 5.97 Å². The van der Waals surface area contributed by atoms with Crippen molar-refractivity contribution in [2.45, 2.75) is 51.0 Å². The van der Waals surface area contributed by atoms with Crippen LogP contribution in [0.4, 0.5) is 0 Å². The van der Waals surface area contributed by atoms with E-state index in [2.05, 4.69) is 5.32 Å². The first kappa shape index (κ1) is 17.2. The zero-order valence-electron chi connectivity index (χ0n) is 10.7. The molecule has 0 heterocycles. The van der Waals surface area contributed by atoms with Gasteiger partial charge < -0.3 is 16.2 Å². The van der Waals surface area contributed by atoms with E-state index in [4.69, 9.17) is 22.4 Å². The van der Waals surface area contributed by atoms with Crippen LogP contribution in [0, 0.1) is 0 Å². The molecule has 1 amide bonds. The zero-order chi connectivity index (χ0) is 13.8. The highest BCUT2D eigenvalue weighted by molar-refractivity contribution is 6.17.